The Kier molecular flexibility index (Phi) is 3.40. The molecule has 1 aromatic rings. The molecule has 8 heteroatoms. The van der Waals surface area contributed by atoms with E-state index in [-0.39, 0.29) is 0 Å². The molecule has 4 nitrogen and oxygen atoms in total. The number of carbonyl (C=O) groups excluding carboxylic acids is 1. The van der Waals surface area contributed by atoms with E-state index < -0.39 is 23.8 Å². The molecule has 3 rings (SSSR count). The number of ether oxygens (including phenoxy) is 1. The molecule has 0 aliphatic carbocycles. The highest BCUT2D eigenvalue weighted by molar-refractivity contribution is 9.10. The number of hydrogen-bond donors (Lipinski definition) is 1. The number of nitrogens with one attached hydrogen (secondary N) is 1. The Bertz CT molecular complexity index is 558. The first-order valence-electron chi connectivity index (χ1n) is 6.33. The fraction of sp³-hybridized carbons (Fsp3) is 0.462. The largest absolute Gasteiger partial charge is 0.491 e. The molecule has 1 atom stereocenters. The predicted molar refractivity (Wildman–Crippen MR) is 72.7 cm³/mol. The molecule has 0 radical (unpaired) electrons. The van der Waals surface area contributed by atoms with E-state index in [9.17, 15) is 18.0 Å². The highest BCUT2D eigenvalue weighted by atomic mass is 79.9. The van der Waals surface area contributed by atoms with E-state index in [0.717, 1.165) is 10.2 Å². The van der Waals surface area contributed by atoms with Gasteiger partial charge in [-0.2, -0.15) is 13.2 Å². The minimum absolute atomic E-state index is 0.409. The van der Waals surface area contributed by atoms with Crippen LogP contribution in [0, 0.1) is 5.41 Å². The number of benzene rings is 1. The van der Waals surface area contributed by atoms with Gasteiger partial charge >= 0.3 is 12.1 Å². The van der Waals surface area contributed by atoms with Gasteiger partial charge in [-0.3, -0.25) is 0 Å². The number of rotatable bonds is 2. The minimum atomic E-state index is -4.97. The van der Waals surface area contributed by atoms with Gasteiger partial charge in [0, 0.05) is 29.8 Å². The number of carbonyl (C=O) groups is 1. The molecule has 1 aromatic carbocycles. The summed E-state index contributed by atoms with van der Waals surface area (Å²) < 4.78 is 42.8. The van der Waals surface area contributed by atoms with Crippen molar-refractivity contribution in [3.05, 3.63) is 28.7 Å². The molecular weight excluding hydrogens is 353 g/mol. The molecule has 114 valence electrons. The molecule has 2 saturated heterocycles. The van der Waals surface area contributed by atoms with Crippen molar-refractivity contribution in [1.29, 1.82) is 0 Å². The van der Waals surface area contributed by atoms with Crippen molar-refractivity contribution < 1.29 is 22.7 Å². The molecule has 1 spiro atoms. The van der Waals surface area contributed by atoms with Crippen molar-refractivity contribution >= 4 is 27.6 Å². The van der Waals surface area contributed by atoms with E-state index >= 15 is 0 Å². The number of anilines is 1. The predicted octanol–water partition coefficient (Wildman–Crippen LogP) is 2.29. The van der Waals surface area contributed by atoms with Gasteiger partial charge in [0.1, 0.15) is 0 Å². The van der Waals surface area contributed by atoms with Crippen LogP contribution < -0.4 is 10.2 Å². The van der Waals surface area contributed by atoms with Gasteiger partial charge in [0.25, 0.3) is 0 Å². The van der Waals surface area contributed by atoms with E-state index in [1.807, 2.05) is 0 Å². The molecule has 2 aliphatic heterocycles. The van der Waals surface area contributed by atoms with E-state index in [2.05, 4.69) is 21.2 Å². The third-order valence-electron chi connectivity index (χ3n) is 3.85. The maximum absolute atomic E-state index is 12.4. The molecule has 0 bridgehead atoms. The van der Waals surface area contributed by atoms with Gasteiger partial charge in [-0.25, -0.2) is 4.79 Å². The van der Waals surface area contributed by atoms with Gasteiger partial charge in [0.15, 0.2) is 6.23 Å². The van der Waals surface area contributed by atoms with Crippen LogP contribution in [0.4, 0.5) is 18.9 Å². The van der Waals surface area contributed by atoms with Crippen molar-refractivity contribution in [3.8, 4) is 0 Å². The Hall–Kier alpha value is -1.28. The summed E-state index contributed by atoms with van der Waals surface area (Å²) in [6.45, 7) is 1.67. The molecule has 21 heavy (non-hydrogen) atoms. The lowest BCUT2D eigenvalue weighted by molar-refractivity contribution is -0.219. The van der Waals surface area contributed by atoms with Crippen LogP contribution in [-0.2, 0) is 9.53 Å². The first-order valence-corrected chi connectivity index (χ1v) is 7.12. The fourth-order valence-electron chi connectivity index (χ4n) is 2.67. The van der Waals surface area contributed by atoms with Crippen molar-refractivity contribution in [1.82, 2.24) is 5.32 Å². The molecular formula is C13H12BrF3N2O2. The summed E-state index contributed by atoms with van der Waals surface area (Å²) in [6.07, 6.45) is -5.85. The van der Waals surface area contributed by atoms with Crippen molar-refractivity contribution in [2.75, 3.05) is 24.5 Å². The molecule has 1 N–H and O–H groups in total. The Morgan fingerprint density at radius 3 is 2.43 bits per heavy atom. The molecule has 0 aromatic heterocycles. The molecule has 2 heterocycles. The second kappa shape index (κ2) is 4.88. The summed E-state index contributed by atoms with van der Waals surface area (Å²) in [4.78, 5) is 12.8. The monoisotopic (exact) mass is 364 g/mol. The van der Waals surface area contributed by atoms with Gasteiger partial charge in [-0.15, -0.1) is 0 Å². The van der Waals surface area contributed by atoms with Crippen LogP contribution in [0.2, 0.25) is 0 Å². The van der Waals surface area contributed by atoms with E-state index in [1.54, 1.807) is 29.2 Å². The van der Waals surface area contributed by atoms with Crippen LogP contribution in [0.1, 0.15) is 0 Å². The van der Waals surface area contributed by atoms with Gasteiger partial charge in [0.2, 0.25) is 0 Å². The fourth-order valence-corrected chi connectivity index (χ4v) is 2.93. The standard InChI is InChI=1S/C13H12BrF3N2O2/c14-8-1-3-9(4-2-8)19-7-12(5-18-6-12)10(19)21-11(20)13(15,16)17/h1-4,10,18H,5-7H2. The summed E-state index contributed by atoms with van der Waals surface area (Å²) in [5, 5.41) is 3.02. The quantitative estimate of drug-likeness (QED) is 0.817. The first-order chi connectivity index (χ1) is 9.82. The zero-order valence-electron chi connectivity index (χ0n) is 10.8. The van der Waals surface area contributed by atoms with Crippen molar-refractivity contribution in [2.45, 2.75) is 12.4 Å². The van der Waals surface area contributed by atoms with E-state index in [1.165, 1.54) is 0 Å². The number of hydrogen-bond acceptors (Lipinski definition) is 4. The minimum Gasteiger partial charge on any atom is -0.434 e. The van der Waals surface area contributed by atoms with Crippen molar-refractivity contribution in [3.63, 3.8) is 0 Å². The summed E-state index contributed by atoms with van der Waals surface area (Å²) in [5.41, 5.74) is 0.323. The lowest BCUT2D eigenvalue weighted by atomic mass is 9.72. The Morgan fingerprint density at radius 1 is 1.33 bits per heavy atom. The zero-order valence-corrected chi connectivity index (χ0v) is 12.4. The summed E-state index contributed by atoms with van der Waals surface area (Å²) >= 11 is 3.30. The molecule has 2 fully saturated rings. The summed E-state index contributed by atoms with van der Waals surface area (Å²) in [6, 6.07) is 7.14. The van der Waals surface area contributed by atoms with Gasteiger partial charge in [-0.05, 0) is 24.3 Å². The topological polar surface area (TPSA) is 41.6 Å². The number of halogens is 4. The highest BCUT2D eigenvalue weighted by Gasteiger charge is 2.60. The second-order valence-electron chi connectivity index (χ2n) is 5.33. The number of esters is 1. The molecule has 0 saturated carbocycles. The lowest BCUT2D eigenvalue weighted by Gasteiger charge is -2.61. The number of alkyl halides is 3. The van der Waals surface area contributed by atoms with Crippen LogP contribution >= 0.6 is 15.9 Å². The summed E-state index contributed by atoms with van der Waals surface area (Å²) in [5.74, 6) is -2.14. The van der Waals surface area contributed by atoms with Crippen molar-refractivity contribution in [2.24, 2.45) is 5.41 Å². The maximum Gasteiger partial charge on any atom is 0.491 e. The smallest absolute Gasteiger partial charge is 0.434 e. The van der Waals surface area contributed by atoms with E-state index in [4.69, 9.17) is 4.74 Å². The average Bonchev–Trinajstić information content (AvgIpc) is 2.34. The number of nitrogens with zero attached hydrogens (tertiary/aromatic N) is 1. The third kappa shape index (κ3) is 2.50. The molecule has 1 unspecified atom stereocenters. The molecule has 0 amide bonds. The Balaban J connectivity index is 1.79. The normalized spacial score (nSPS) is 23.4. The van der Waals surface area contributed by atoms with Gasteiger partial charge in [0.05, 0.1) is 5.41 Å². The second-order valence-corrected chi connectivity index (χ2v) is 6.24. The SMILES string of the molecule is O=C(OC1N(c2ccc(Br)cc2)CC12CNC2)C(F)(F)F. The third-order valence-corrected chi connectivity index (χ3v) is 4.38. The Labute approximate surface area is 127 Å². The summed E-state index contributed by atoms with van der Waals surface area (Å²) in [7, 11) is 0. The van der Waals surface area contributed by atoms with Crippen LogP contribution in [0.3, 0.4) is 0 Å². The molecule has 2 aliphatic rings. The lowest BCUT2D eigenvalue weighted by Crippen LogP contribution is -2.78. The first kappa shape index (κ1) is 14.6. The Morgan fingerprint density at radius 2 is 1.95 bits per heavy atom. The van der Waals surface area contributed by atoms with Gasteiger partial charge in [-0.1, -0.05) is 15.9 Å². The van der Waals surface area contributed by atoms with Crippen LogP contribution in [-0.4, -0.2) is 38.0 Å². The van der Waals surface area contributed by atoms with Crippen LogP contribution in [0.15, 0.2) is 28.7 Å². The average molecular weight is 365 g/mol. The van der Waals surface area contributed by atoms with Gasteiger partial charge < -0.3 is 15.0 Å². The van der Waals surface area contributed by atoms with Crippen LogP contribution in [0.25, 0.3) is 0 Å². The maximum atomic E-state index is 12.4. The highest BCUT2D eigenvalue weighted by Crippen LogP contribution is 2.45. The van der Waals surface area contributed by atoms with Crippen LogP contribution in [0.5, 0.6) is 0 Å². The zero-order chi connectivity index (χ0) is 15.3. The van der Waals surface area contributed by atoms with E-state index in [0.29, 0.717) is 19.6 Å².